The van der Waals surface area contributed by atoms with Gasteiger partial charge in [0.2, 0.25) is 0 Å². The molecule has 0 saturated heterocycles. The van der Waals surface area contributed by atoms with E-state index in [1.807, 2.05) is 30.3 Å². The van der Waals surface area contributed by atoms with Gasteiger partial charge in [0, 0.05) is 0 Å². The van der Waals surface area contributed by atoms with Crippen LogP contribution in [0.4, 0.5) is 11.4 Å². The van der Waals surface area contributed by atoms with E-state index in [1.54, 1.807) is 0 Å². The van der Waals surface area contributed by atoms with Gasteiger partial charge in [-0.15, -0.1) is 0 Å². The predicted molar refractivity (Wildman–Crippen MR) is 439 cm³/mol. The molecule has 0 heterocycles. The molecule has 0 saturated carbocycles. The summed E-state index contributed by atoms with van der Waals surface area (Å²) in [6.45, 7) is 0. The van der Waals surface area contributed by atoms with Crippen LogP contribution in [0.1, 0.15) is 0 Å². The molecule has 17 rings (SSSR count). The van der Waals surface area contributed by atoms with Gasteiger partial charge in [0.15, 0.2) is 0 Å². The number of nitrogens with zero attached hydrogens (tertiary/aromatic N) is 2. The molecular weight excluding hydrogens is 1250 g/mol. The first-order valence-corrected chi connectivity index (χ1v) is 35.6. The van der Waals surface area contributed by atoms with Gasteiger partial charge < -0.3 is 0 Å². The largest absolute Gasteiger partial charge is 0.151 e. The summed E-state index contributed by atoms with van der Waals surface area (Å²) in [5.74, 6) is 0. The van der Waals surface area contributed by atoms with Gasteiger partial charge in [-0.05, 0) is 209 Å². The lowest BCUT2D eigenvalue weighted by Gasteiger charge is -2.26. The Morgan fingerprint density at radius 1 is 0.106 bits per heavy atom. The molecule has 0 N–H and O–H groups in total. The van der Waals surface area contributed by atoms with Crippen molar-refractivity contribution in [1.29, 1.82) is 0 Å². The van der Waals surface area contributed by atoms with Crippen LogP contribution in [0, 0.1) is 0 Å². The number of hydrogen-bond donors (Lipinski definition) is 0. The fourth-order valence-electron chi connectivity index (χ4n) is 15.1. The zero-order valence-corrected chi connectivity index (χ0v) is 57.3. The van der Waals surface area contributed by atoms with Gasteiger partial charge in [0.25, 0.3) is 0 Å². The number of benzene rings is 17. The average Bonchev–Trinajstić information content (AvgIpc) is 0.742. The van der Waals surface area contributed by atoms with Gasteiger partial charge in [-0.2, -0.15) is 10.2 Å². The molecule has 0 aliphatic rings. The van der Waals surface area contributed by atoms with E-state index < -0.39 is 0 Å². The van der Waals surface area contributed by atoms with Crippen LogP contribution in [0.25, 0.3) is 167 Å². The predicted octanol–water partition coefficient (Wildman–Crippen LogP) is 29.1. The van der Waals surface area contributed by atoms with E-state index in [0.29, 0.717) is 0 Å². The van der Waals surface area contributed by atoms with Gasteiger partial charge >= 0.3 is 0 Å². The first kappa shape index (κ1) is 63.8. The molecule has 0 radical (unpaired) electrons. The SMILES string of the molecule is c1ccc(N=Nc2ccc(-c3cc(-c4ccccc4)c(-c4ccc(-c5cc(-c6ccccc6)c(-c6ccccc6)c(-c6ccccc6)c5-c5ccccc5)cc4)c(-c4ccc(-c5cc(-c6ccccc6)c(-c6ccccc6)c(-c6ccccc6)c5-c5ccccc5)cc4)c3-c3ccccc3)cc2)cc1. The standard InChI is InChI=1S/C102H70N2/c1-12-34-71(35-13-1)88-68-91(96(79-44-22-6-23-45-79)100(82-50-28-9-29-51-82)94(88)77-40-18-4-19-41-77)74-56-60-84(61-57-74)99-90(73-38-16-3-17-39-73)70-93(76-64-66-87(67-65-76)104-103-86-54-32-11-33-55-86)98(81-48-26-8-27-49-81)102(99)85-62-58-75(59-63-85)92-69-89(72-36-14-2-15-37-72)95(78-42-20-5-21-43-78)101(83-52-30-10-31-53-83)97(92)80-46-24-7-25-47-80/h1-70H. The molecule has 0 unspecified atom stereocenters. The normalized spacial score (nSPS) is 11.2. The molecule has 488 valence electrons. The number of rotatable bonds is 17. The molecule has 2 nitrogen and oxygen atoms in total. The van der Waals surface area contributed by atoms with Gasteiger partial charge in [-0.25, -0.2) is 0 Å². The van der Waals surface area contributed by atoms with Crippen molar-refractivity contribution in [2.24, 2.45) is 10.2 Å². The summed E-state index contributed by atoms with van der Waals surface area (Å²) in [6, 6.07) is 154. The number of azo groups is 1. The van der Waals surface area contributed by atoms with Gasteiger partial charge in [-0.1, -0.05) is 382 Å². The zero-order valence-electron chi connectivity index (χ0n) is 57.3. The molecular formula is C102H70N2. The van der Waals surface area contributed by atoms with Crippen LogP contribution in [0.3, 0.4) is 0 Å². The maximum Gasteiger partial charge on any atom is 0.0857 e. The van der Waals surface area contributed by atoms with Crippen LogP contribution >= 0.6 is 0 Å². The molecule has 0 aromatic heterocycles. The van der Waals surface area contributed by atoms with E-state index in [0.717, 1.165) is 145 Å². The first-order chi connectivity index (χ1) is 51.6. The van der Waals surface area contributed by atoms with Crippen molar-refractivity contribution in [3.05, 3.63) is 425 Å². The van der Waals surface area contributed by atoms with Crippen molar-refractivity contribution in [2.75, 3.05) is 0 Å². The van der Waals surface area contributed by atoms with Crippen LogP contribution in [0.15, 0.2) is 435 Å². The molecule has 0 bridgehead atoms. The van der Waals surface area contributed by atoms with Gasteiger partial charge in [-0.3, -0.25) is 0 Å². The highest BCUT2D eigenvalue weighted by Gasteiger charge is 2.29. The lowest BCUT2D eigenvalue weighted by Crippen LogP contribution is -1.99. The lowest BCUT2D eigenvalue weighted by molar-refractivity contribution is 1.23. The van der Waals surface area contributed by atoms with E-state index in [-0.39, 0.29) is 0 Å². The Morgan fingerprint density at radius 3 is 0.462 bits per heavy atom. The fourth-order valence-corrected chi connectivity index (χ4v) is 15.1. The van der Waals surface area contributed by atoms with Crippen LogP contribution in [0.5, 0.6) is 0 Å². The Balaban J connectivity index is 0.936. The highest BCUT2D eigenvalue weighted by atomic mass is 15.1. The Labute approximate surface area is 609 Å². The minimum absolute atomic E-state index is 0.768. The smallest absolute Gasteiger partial charge is 0.0857 e. The van der Waals surface area contributed by atoms with Crippen molar-refractivity contribution >= 4 is 11.4 Å². The first-order valence-electron chi connectivity index (χ1n) is 35.6. The van der Waals surface area contributed by atoms with E-state index >= 15 is 0 Å². The van der Waals surface area contributed by atoms with Gasteiger partial charge in [0.1, 0.15) is 0 Å². The summed E-state index contributed by atoms with van der Waals surface area (Å²) in [4.78, 5) is 0. The molecule has 0 aliphatic heterocycles. The molecule has 0 aliphatic carbocycles. The molecule has 17 aromatic rings. The second-order valence-corrected chi connectivity index (χ2v) is 26.2. The van der Waals surface area contributed by atoms with E-state index in [4.69, 9.17) is 5.11 Å². The third-order valence-electron chi connectivity index (χ3n) is 19.9. The maximum absolute atomic E-state index is 4.73. The second-order valence-electron chi connectivity index (χ2n) is 26.2. The molecule has 2 heteroatoms. The monoisotopic (exact) mass is 1320 g/mol. The van der Waals surface area contributed by atoms with Crippen LogP contribution < -0.4 is 0 Å². The maximum atomic E-state index is 4.73. The summed E-state index contributed by atoms with van der Waals surface area (Å²) in [6.07, 6.45) is 0. The lowest BCUT2D eigenvalue weighted by atomic mass is 9.77. The van der Waals surface area contributed by atoms with Crippen LogP contribution in [0.2, 0.25) is 0 Å². The number of hydrogen-bond acceptors (Lipinski definition) is 2. The minimum Gasteiger partial charge on any atom is -0.151 e. The third-order valence-corrected chi connectivity index (χ3v) is 19.9. The summed E-state index contributed by atoms with van der Waals surface area (Å²) in [5.41, 5.74) is 35.7. The molecule has 0 amide bonds. The van der Waals surface area contributed by atoms with E-state index in [9.17, 15) is 0 Å². The Morgan fingerprint density at radius 2 is 0.240 bits per heavy atom. The van der Waals surface area contributed by atoms with E-state index in [2.05, 4.69) is 399 Å². The van der Waals surface area contributed by atoms with Crippen LogP contribution in [-0.4, -0.2) is 0 Å². The Kier molecular flexibility index (Phi) is 17.9. The zero-order chi connectivity index (χ0) is 69.4. The average molecular weight is 1320 g/mol. The molecule has 0 spiro atoms. The quantitative estimate of drug-likeness (QED) is 0.0812. The Hall–Kier alpha value is -13.7. The van der Waals surface area contributed by atoms with Crippen molar-refractivity contribution in [2.45, 2.75) is 0 Å². The van der Waals surface area contributed by atoms with E-state index in [1.165, 1.54) is 33.4 Å². The fraction of sp³-hybridized carbons (Fsp3) is 0. The Bertz CT molecular complexity index is 5820. The van der Waals surface area contributed by atoms with Crippen molar-refractivity contribution in [3.8, 4) is 167 Å². The summed E-state index contributed by atoms with van der Waals surface area (Å²) in [5, 5.41) is 9.36. The summed E-state index contributed by atoms with van der Waals surface area (Å²) < 4.78 is 0. The van der Waals surface area contributed by atoms with Crippen molar-refractivity contribution < 1.29 is 0 Å². The van der Waals surface area contributed by atoms with Crippen molar-refractivity contribution in [3.63, 3.8) is 0 Å². The molecule has 17 aromatic carbocycles. The summed E-state index contributed by atoms with van der Waals surface area (Å²) in [7, 11) is 0. The molecule has 0 atom stereocenters. The summed E-state index contributed by atoms with van der Waals surface area (Å²) >= 11 is 0. The van der Waals surface area contributed by atoms with Crippen LogP contribution in [-0.2, 0) is 0 Å². The topological polar surface area (TPSA) is 24.7 Å². The third kappa shape index (κ3) is 12.8. The molecule has 0 fully saturated rings. The van der Waals surface area contributed by atoms with Gasteiger partial charge in [0.05, 0.1) is 11.4 Å². The second kappa shape index (κ2) is 29.3. The highest BCUT2D eigenvalue weighted by molar-refractivity contribution is 6.12. The minimum atomic E-state index is 0.768. The highest BCUT2D eigenvalue weighted by Crippen LogP contribution is 2.55. The van der Waals surface area contributed by atoms with Crippen molar-refractivity contribution in [1.82, 2.24) is 0 Å². The molecule has 104 heavy (non-hydrogen) atoms.